The number of rotatable bonds is 2. The fourth-order valence-electron chi connectivity index (χ4n) is 2.12. The second kappa shape index (κ2) is 4.71. The van der Waals surface area contributed by atoms with Gasteiger partial charge in [0.15, 0.2) is 0 Å². The van der Waals surface area contributed by atoms with Gasteiger partial charge in [0.25, 0.3) is 9.05 Å². The number of nitrogens with zero attached hydrogens (tertiary/aromatic N) is 1. The lowest BCUT2D eigenvalue weighted by Crippen LogP contribution is -2.30. The fraction of sp³-hybridized carbons (Fsp3) is 0.364. The van der Waals surface area contributed by atoms with E-state index in [9.17, 15) is 21.6 Å². The molecule has 0 aromatic heterocycles. The normalized spacial score (nSPS) is 22.2. The van der Waals surface area contributed by atoms with Crippen LogP contribution in [-0.4, -0.2) is 28.5 Å². The molecule has 6 nitrogen and oxygen atoms in total. The zero-order valence-electron chi connectivity index (χ0n) is 10.7. The van der Waals surface area contributed by atoms with Gasteiger partial charge in [-0.05, 0) is 30.7 Å². The number of anilines is 1. The van der Waals surface area contributed by atoms with Crippen LogP contribution in [0, 0.1) is 12.8 Å². The van der Waals surface area contributed by atoms with E-state index < -0.39 is 30.9 Å². The number of halogens is 1. The monoisotopic (exact) mass is 337 g/mol. The number of amides is 1. The van der Waals surface area contributed by atoms with E-state index in [1.54, 1.807) is 0 Å². The van der Waals surface area contributed by atoms with Gasteiger partial charge in [-0.2, -0.15) is 0 Å². The van der Waals surface area contributed by atoms with Crippen molar-refractivity contribution in [1.29, 1.82) is 0 Å². The molecule has 1 heterocycles. The lowest BCUT2D eigenvalue weighted by atomic mass is 10.2. The smallest absolute Gasteiger partial charge is 0.261 e. The van der Waals surface area contributed by atoms with Gasteiger partial charge in [0.1, 0.15) is 0 Å². The van der Waals surface area contributed by atoms with Gasteiger partial charge in [0.2, 0.25) is 15.9 Å². The third-order valence-electron chi connectivity index (χ3n) is 3.02. The van der Waals surface area contributed by atoms with E-state index in [0.717, 1.165) is 4.31 Å². The molecule has 2 rings (SSSR count). The molecule has 0 saturated carbocycles. The van der Waals surface area contributed by atoms with Crippen LogP contribution in [0.25, 0.3) is 0 Å². The predicted octanol–water partition coefficient (Wildman–Crippen LogP) is 1.24. The molecule has 1 aliphatic heterocycles. The summed E-state index contributed by atoms with van der Waals surface area (Å²) in [4.78, 5) is 11.8. The third-order valence-corrected chi connectivity index (χ3v) is 6.37. The van der Waals surface area contributed by atoms with Crippen LogP contribution < -0.4 is 4.31 Å². The van der Waals surface area contributed by atoms with Gasteiger partial charge in [-0.1, -0.05) is 6.92 Å². The standard InChI is InChI=1S/C11H12ClNO5S2/c1-7-5-9(3-4-10(7)20(12,17)18)13-11(14)8(2)6-19(13,15)16/h3-5,8H,6H2,1-2H3/t8-/m1/s1. The van der Waals surface area contributed by atoms with E-state index in [-0.39, 0.29) is 21.9 Å². The number of aryl methyl sites for hydroxylation is 1. The predicted molar refractivity (Wildman–Crippen MR) is 74.7 cm³/mol. The van der Waals surface area contributed by atoms with Crippen LogP contribution in [0.3, 0.4) is 0 Å². The lowest BCUT2D eigenvalue weighted by molar-refractivity contribution is -0.119. The molecule has 0 radical (unpaired) electrons. The van der Waals surface area contributed by atoms with Crippen molar-refractivity contribution >= 4 is 41.4 Å². The Morgan fingerprint density at radius 3 is 2.35 bits per heavy atom. The van der Waals surface area contributed by atoms with Gasteiger partial charge in [0.05, 0.1) is 22.3 Å². The topological polar surface area (TPSA) is 88.6 Å². The zero-order valence-corrected chi connectivity index (χ0v) is 13.1. The molecule has 1 aromatic carbocycles. The van der Waals surface area contributed by atoms with Crippen LogP contribution in [0.15, 0.2) is 23.1 Å². The summed E-state index contributed by atoms with van der Waals surface area (Å²) >= 11 is 0. The van der Waals surface area contributed by atoms with Gasteiger partial charge >= 0.3 is 0 Å². The molecule has 1 aliphatic rings. The van der Waals surface area contributed by atoms with E-state index in [2.05, 4.69) is 0 Å². The van der Waals surface area contributed by atoms with E-state index in [1.807, 2.05) is 0 Å². The van der Waals surface area contributed by atoms with Gasteiger partial charge < -0.3 is 0 Å². The molecule has 0 bridgehead atoms. The maximum atomic E-state index is 11.9. The average molecular weight is 338 g/mol. The Labute approximate surface area is 121 Å². The maximum absolute atomic E-state index is 11.9. The molecule has 1 fully saturated rings. The Kier molecular flexibility index (Phi) is 3.60. The van der Waals surface area contributed by atoms with Crippen molar-refractivity contribution in [1.82, 2.24) is 0 Å². The van der Waals surface area contributed by atoms with Crippen LogP contribution in [0.2, 0.25) is 0 Å². The molecule has 0 unspecified atom stereocenters. The minimum absolute atomic E-state index is 0.111. The summed E-state index contributed by atoms with van der Waals surface area (Å²) in [6.07, 6.45) is 0. The molecule has 1 amide bonds. The molecular formula is C11H12ClNO5S2. The molecule has 20 heavy (non-hydrogen) atoms. The largest absolute Gasteiger partial charge is 0.273 e. The Bertz CT molecular complexity index is 785. The first-order valence-corrected chi connectivity index (χ1v) is 9.58. The molecule has 9 heteroatoms. The summed E-state index contributed by atoms with van der Waals surface area (Å²) in [7, 11) is -2.35. The number of sulfonamides is 1. The quantitative estimate of drug-likeness (QED) is 0.757. The van der Waals surface area contributed by atoms with Crippen molar-refractivity contribution < 1.29 is 21.6 Å². The summed E-state index contributed by atoms with van der Waals surface area (Å²) in [5.74, 6) is -1.39. The fourth-order valence-corrected chi connectivity index (χ4v) is 5.13. The molecule has 1 saturated heterocycles. The van der Waals surface area contributed by atoms with Crippen molar-refractivity contribution in [3.05, 3.63) is 23.8 Å². The number of carbonyl (C=O) groups is 1. The highest BCUT2D eigenvalue weighted by molar-refractivity contribution is 8.13. The molecule has 1 aromatic rings. The van der Waals surface area contributed by atoms with E-state index in [4.69, 9.17) is 10.7 Å². The van der Waals surface area contributed by atoms with E-state index >= 15 is 0 Å². The summed E-state index contributed by atoms with van der Waals surface area (Å²) in [5, 5.41) is 0. The number of hydrogen-bond donors (Lipinski definition) is 0. The summed E-state index contributed by atoms with van der Waals surface area (Å²) in [6, 6.07) is 3.78. The SMILES string of the molecule is Cc1cc(N2C(=O)[C@H](C)CS2(=O)=O)ccc1S(=O)(=O)Cl. The highest BCUT2D eigenvalue weighted by atomic mass is 35.7. The first-order chi connectivity index (χ1) is 9.04. The number of hydrogen-bond acceptors (Lipinski definition) is 5. The Morgan fingerprint density at radius 2 is 1.95 bits per heavy atom. The molecule has 0 spiro atoms. The van der Waals surface area contributed by atoms with Crippen LogP contribution >= 0.6 is 10.7 Å². The van der Waals surface area contributed by atoms with Gasteiger partial charge in [-0.3, -0.25) is 4.79 Å². The summed E-state index contributed by atoms with van der Waals surface area (Å²) < 4.78 is 47.2. The minimum atomic E-state index is -3.91. The highest BCUT2D eigenvalue weighted by Gasteiger charge is 2.42. The maximum Gasteiger partial charge on any atom is 0.261 e. The van der Waals surface area contributed by atoms with Crippen LogP contribution in [0.1, 0.15) is 12.5 Å². The molecular weight excluding hydrogens is 326 g/mol. The summed E-state index contributed by atoms with van der Waals surface area (Å²) in [5.41, 5.74) is 0.404. The number of carbonyl (C=O) groups excluding carboxylic acids is 1. The van der Waals surface area contributed by atoms with Crippen LogP contribution in [-0.2, 0) is 23.9 Å². The van der Waals surface area contributed by atoms with Crippen molar-refractivity contribution in [3.63, 3.8) is 0 Å². The number of benzene rings is 1. The second-order valence-electron chi connectivity index (χ2n) is 4.67. The van der Waals surface area contributed by atoms with Crippen molar-refractivity contribution in [2.75, 3.05) is 10.1 Å². The summed E-state index contributed by atoms with van der Waals surface area (Å²) in [6.45, 7) is 3.01. The van der Waals surface area contributed by atoms with E-state index in [1.165, 1.54) is 32.0 Å². The van der Waals surface area contributed by atoms with Crippen molar-refractivity contribution in [2.45, 2.75) is 18.7 Å². The Hall–Kier alpha value is -1.12. The lowest BCUT2D eigenvalue weighted by Gasteiger charge is -2.16. The van der Waals surface area contributed by atoms with Gasteiger partial charge in [-0.25, -0.2) is 21.1 Å². The zero-order chi connectivity index (χ0) is 15.3. The van der Waals surface area contributed by atoms with Gasteiger partial charge in [-0.15, -0.1) is 0 Å². The van der Waals surface area contributed by atoms with Crippen molar-refractivity contribution in [2.24, 2.45) is 5.92 Å². The van der Waals surface area contributed by atoms with E-state index in [0.29, 0.717) is 0 Å². The molecule has 0 aliphatic carbocycles. The van der Waals surface area contributed by atoms with Crippen LogP contribution in [0.4, 0.5) is 5.69 Å². The third kappa shape index (κ3) is 2.55. The minimum Gasteiger partial charge on any atom is -0.273 e. The molecule has 1 atom stereocenters. The average Bonchev–Trinajstić information content (AvgIpc) is 2.45. The molecule has 0 N–H and O–H groups in total. The molecule has 110 valence electrons. The van der Waals surface area contributed by atoms with Crippen LogP contribution in [0.5, 0.6) is 0 Å². The Morgan fingerprint density at radius 1 is 1.35 bits per heavy atom. The Balaban J connectivity index is 2.56. The van der Waals surface area contributed by atoms with Crippen molar-refractivity contribution in [3.8, 4) is 0 Å². The van der Waals surface area contributed by atoms with Gasteiger partial charge in [0, 0.05) is 10.7 Å². The second-order valence-corrected chi connectivity index (χ2v) is 9.07. The highest BCUT2D eigenvalue weighted by Crippen LogP contribution is 2.31. The first kappa shape index (κ1) is 15.3. The first-order valence-electron chi connectivity index (χ1n) is 5.66.